The highest BCUT2D eigenvalue weighted by Gasteiger charge is 2.19. The van der Waals surface area contributed by atoms with Crippen LogP contribution in [-0.2, 0) is 0 Å². The van der Waals surface area contributed by atoms with Gasteiger partial charge in [-0.15, -0.1) is 0 Å². The van der Waals surface area contributed by atoms with Crippen LogP contribution in [-0.4, -0.2) is 11.1 Å². The molecule has 13 heavy (non-hydrogen) atoms. The Morgan fingerprint density at radius 2 is 1.69 bits per heavy atom. The third-order valence-electron chi connectivity index (χ3n) is 2.28. The summed E-state index contributed by atoms with van der Waals surface area (Å²) in [7, 11) is 0. The SMILES string of the molecule is CC(C)[C@H](N)[C@H](O)c1ccccc1. The van der Waals surface area contributed by atoms with E-state index in [-0.39, 0.29) is 12.0 Å². The summed E-state index contributed by atoms with van der Waals surface area (Å²) in [6.07, 6.45) is -0.554. The maximum Gasteiger partial charge on any atom is 0.0943 e. The molecule has 0 heterocycles. The molecule has 0 aliphatic carbocycles. The smallest absolute Gasteiger partial charge is 0.0943 e. The van der Waals surface area contributed by atoms with Gasteiger partial charge in [0.1, 0.15) is 0 Å². The number of nitrogens with two attached hydrogens (primary N) is 1. The number of aliphatic hydroxyl groups is 1. The van der Waals surface area contributed by atoms with Crippen molar-refractivity contribution in [2.75, 3.05) is 0 Å². The molecule has 0 radical (unpaired) electrons. The molecule has 2 heteroatoms. The summed E-state index contributed by atoms with van der Waals surface area (Å²) >= 11 is 0. The molecule has 0 saturated carbocycles. The van der Waals surface area contributed by atoms with Crippen molar-refractivity contribution in [1.29, 1.82) is 0 Å². The number of hydrogen-bond donors (Lipinski definition) is 2. The number of rotatable bonds is 3. The summed E-state index contributed by atoms with van der Waals surface area (Å²) in [6.45, 7) is 4.02. The molecule has 2 atom stereocenters. The van der Waals surface area contributed by atoms with Gasteiger partial charge in [0.25, 0.3) is 0 Å². The van der Waals surface area contributed by atoms with Crippen LogP contribution < -0.4 is 5.73 Å². The third kappa shape index (κ3) is 2.54. The number of benzene rings is 1. The Bertz CT molecular complexity index is 246. The lowest BCUT2D eigenvalue weighted by Gasteiger charge is -2.22. The quantitative estimate of drug-likeness (QED) is 0.742. The molecule has 1 aromatic rings. The van der Waals surface area contributed by atoms with Crippen molar-refractivity contribution < 1.29 is 5.11 Å². The molecule has 0 bridgehead atoms. The van der Waals surface area contributed by atoms with E-state index in [9.17, 15) is 5.11 Å². The van der Waals surface area contributed by atoms with Gasteiger partial charge in [0.2, 0.25) is 0 Å². The van der Waals surface area contributed by atoms with E-state index in [1.165, 1.54) is 0 Å². The second-order valence-corrected chi connectivity index (χ2v) is 3.68. The topological polar surface area (TPSA) is 46.2 Å². The summed E-state index contributed by atoms with van der Waals surface area (Å²) in [5.74, 6) is 0.287. The second-order valence-electron chi connectivity index (χ2n) is 3.68. The maximum absolute atomic E-state index is 9.83. The summed E-state index contributed by atoms with van der Waals surface area (Å²) < 4.78 is 0. The fraction of sp³-hybridized carbons (Fsp3) is 0.455. The van der Waals surface area contributed by atoms with Crippen LogP contribution >= 0.6 is 0 Å². The molecular weight excluding hydrogens is 162 g/mol. The molecule has 0 unspecified atom stereocenters. The summed E-state index contributed by atoms with van der Waals surface area (Å²) in [6, 6.07) is 9.34. The Morgan fingerprint density at radius 1 is 1.15 bits per heavy atom. The zero-order chi connectivity index (χ0) is 9.84. The normalized spacial score (nSPS) is 15.8. The minimum atomic E-state index is -0.554. The second kappa shape index (κ2) is 4.40. The van der Waals surface area contributed by atoms with Gasteiger partial charge in [0.15, 0.2) is 0 Å². The lowest BCUT2D eigenvalue weighted by atomic mass is 9.94. The highest BCUT2D eigenvalue weighted by Crippen LogP contribution is 2.19. The van der Waals surface area contributed by atoms with Crippen molar-refractivity contribution >= 4 is 0 Å². The standard InChI is InChI=1S/C11H17NO/c1-8(2)10(12)11(13)9-6-4-3-5-7-9/h3-8,10-11,13H,12H2,1-2H3/t10-,11+/m0/s1. The van der Waals surface area contributed by atoms with Crippen molar-refractivity contribution in [2.45, 2.75) is 26.0 Å². The average molecular weight is 179 g/mol. The van der Waals surface area contributed by atoms with Gasteiger partial charge in [-0.05, 0) is 11.5 Å². The van der Waals surface area contributed by atoms with Gasteiger partial charge in [-0.3, -0.25) is 0 Å². The predicted octanol–water partition coefficient (Wildman–Crippen LogP) is 1.70. The van der Waals surface area contributed by atoms with Crippen LogP contribution in [0.5, 0.6) is 0 Å². The van der Waals surface area contributed by atoms with Gasteiger partial charge in [-0.2, -0.15) is 0 Å². The van der Waals surface area contributed by atoms with Gasteiger partial charge < -0.3 is 10.8 Å². The number of hydrogen-bond acceptors (Lipinski definition) is 2. The van der Waals surface area contributed by atoms with E-state index in [2.05, 4.69) is 0 Å². The van der Waals surface area contributed by atoms with E-state index in [4.69, 9.17) is 5.73 Å². The Hall–Kier alpha value is -0.860. The summed E-state index contributed by atoms with van der Waals surface area (Å²) in [4.78, 5) is 0. The van der Waals surface area contributed by atoms with Crippen molar-refractivity contribution in [1.82, 2.24) is 0 Å². The molecule has 0 aliphatic heterocycles. The van der Waals surface area contributed by atoms with Crippen LogP contribution in [0.3, 0.4) is 0 Å². The van der Waals surface area contributed by atoms with E-state index in [0.717, 1.165) is 5.56 Å². The first-order valence-electron chi connectivity index (χ1n) is 4.61. The van der Waals surface area contributed by atoms with Crippen molar-refractivity contribution in [3.8, 4) is 0 Å². The van der Waals surface area contributed by atoms with Crippen LogP contribution in [0.1, 0.15) is 25.5 Å². The lowest BCUT2D eigenvalue weighted by Crippen LogP contribution is -2.33. The fourth-order valence-electron chi connectivity index (χ4n) is 1.24. The zero-order valence-electron chi connectivity index (χ0n) is 8.14. The van der Waals surface area contributed by atoms with Crippen LogP contribution in [0.2, 0.25) is 0 Å². The van der Waals surface area contributed by atoms with Crippen molar-refractivity contribution in [2.24, 2.45) is 11.7 Å². The largest absolute Gasteiger partial charge is 0.387 e. The Balaban J connectivity index is 2.73. The monoisotopic (exact) mass is 179 g/mol. The lowest BCUT2D eigenvalue weighted by molar-refractivity contribution is 0.126. The molecule has 0 spiro atoms. The van der Waals surface area contributed by atoms with Crippen LogP contribution in [0, 0.1) is 5.92 Å². The molecule has 2 nitrogen and oxygen atoms in total. The van der Waals surface area contributed by atoms with E-state index < -0.39 is 6.10 Å². The first-order chi connectivity index (χ1) is 6.13. The fourth-order valence-corrected chi connectivity index (χ4v) is 1.24. The van der Waals surface area contributed by atoms with Crippen molar-refractivity contribution in [3.63, 3.8) is 0 Å². The molecule has 72 valence electrons. The molecule has 0 aliphatic rings. The summed E-state index contributed by atoms with van der Waals surface area (Å²) in [5.41, 5.74) is 6.73. The van der Waals surface area contributed by atoms with E-state index >= 15 is 0 Å². The van der Waals surface area contributed by atoms with E-state index in [0.29, 0.717) is 0 Å². The van der Waals surface area contributed by atoms with Crippen molar-refractivity contribution in [3.05, 3.63) is 35.9 Å². The Kier molecular flexibility index (Phi) is 3.46. The predicted molar refractivity (Wildman–Crippen MR) is 54.2 cm³/mol. The van der Waals surface area contributed by atoms with Crippen LogP contribution in [0.15, 0.2) is 30.3 Å². The van der Waals surface area contributed by atoms with E-state index in [1.807, 2.05) is 44.2 Å². The van der Waals surface area contributed by atoms with Crippen LogP contribution in [0.25, 0.3) is 0 Å². The van der Waals surface area contributed by atoms with Crippen LogP contribution in [0.4, 0.5) is 0 Å². The third-order valence-corrected chi connectivity index (χ3v) is 2.28. The number of aliphatic hydroxyl groups excluding tert-OH is 1. The van der Waals surface area contributed by atoms with Gasteiger partial charge in [0, 0.05) is 6.04 Å². The Labute approximate surface area is 79.4 Å². The molecule has 1 rings (SSSR count). The average Bonchev–Trinajstić information content (AvgIpc) is 2.17. The molecule has 1 aromatic carbocycles. The molecule has 3 N–H and O–H groups in total. The molecule has 0 amide bonds. The summed E-state index contributed by atoms with van der Waals surface area (Å²) in [5, 5.41) is 9.83. The molecule has 0 aromatic heterocycles. The van der Waals surface area contributed by atoms with E-state index in [1.54, 1.807) is 0 Å². The highest BCUT2D eigenvalue weighted by molar-refractivity contribution is 5.18. The first-order valence-corrected chi connectivity index (χ1v) is 4.61. The molecule has 0 fully saturated rings. The van der Waals surface area contributed by atoms with Gasteiger partial charge in [-0.25, -0.2) is 0 Å². The molecular formula is C11H17NO. The maximum atomic E-state index is 9.83. The highest BCUT2D eigenvalue weighted by atomic mass is 16.3. The first kappa shape index (κ1) is 10.2. The minimum absolute atomic E-state index is 0.192. The molecule has 0 saturated heterocycles. The van der Waals surface area contributed by atoms with Gasteiger partial charge in [-0.1, -0.05) is 44.2 Å². The van der Waals surface area contributed by atoms with Gasteiger partial charge in [0.05, 0.1) is 6.10 Å². The minimum Gasteiger partial charge on any atom is -0.387 e. The zero-order valence-corrected chi connectivity index (χ0v) is 8.14. The van der Waals surface area contributed by atoms with Gasteiger partial charge >= 0.3 is 0 Å². The Morgan fingerprint density at radius 3 is 2.15 bits per heavy atom.